The zero-order valence-corrected chi connectivity index (χ0v) is 12.9. The van der Waals surface area contributed by atoms with Crippen LogP contribution in [0.3, 0.4) is 0 Å². The Bertz CT molecular complexity index is 626. The molecule has 0 saturated heterocycles. The summed E-state index contributed by atoms with van der Waals surface area (Å²) in [6.45, 7) is 4.77. The van der Waals surface area contributed by atoms with E-state index >= 15 is 0 Å². The van der Waals surface area contributed by atoms with Crippen LogP contribution in [-0.4, -0.2) is 17.4 Å². The molecule has 1 heterocycles. The summed E-state index contributed by atoms with van der Waals surface area (Å²) < 4.78 is 13.8. The average Bonchev–Trinajstić information content (AvgIpc) is 2.81. The third kappa shape index (κ3) is 3.38. The smallest absolute Gasteiger partial charge is 0.254 e. The molecule has 0 aliphatic rings. The van der Waals surface area contributed by atoms with Crippen LogP contribution in [0.2, 0.25) is 4.34 Å². The predicted octanol–water partition coefficient (Wildman–Crippen LogP) is 4.51. The summed E-state index contributed by atoms with van der Waals surface area (Å²) in [4.78, 5) is 15.3. The summed E-state index contributed by atoms with van der Waals surface area (Å²) in [5.74, 6) is -0.415. The minimum Gasteiger partial charge on any atom is -0.334 e. The summed E-state index contributed by atoms with van der Waals surface area (Å²) in [5.41, 5.74) is 1.19. The van der Waals surface area contributed by atoms with Crippen molar-refractivity contribution in [3.63, 3.8) is 0 Å². The molecule has 106 valence electrons. The van der Waals surface area contributed by atoms with Crippen molar-refractivity contribution in [1.29, 1.82) is 0 Å². The molecule has 1 amide bonds. The minimum atomic E-state index is -0.327. The van der Waals surface area contributed by atoms with Crippen LogP contribution < -0.4 is 0 Å². The van der Waals surface area contributed by atoms with Gasteiger partial charge in [0.2, 0.25) is 0 Å². The van der Waals surface area contributed by atoms with Gasteiger partial charge in [-0.15, -0.1) is 11.3 Å². The van der Waals surface area contributed by atoms with E-state index in [1.54, 1.807) is 11.8 Å². The maximum Gasteiger partial charge on any atom is 0.254 e. The van der Waals surface area contributed by atoms with Crippen LogP contribution in [0.5, 0.6) is 0 Å². The summed E-state index contributed by atoms with van der Waals surface area (Å²) in [5, 5.41) is 0. The maximum absolute atomic E-state index is 13.1. The van der Waals surface area contributed by atoms with Gasteiger partial charge in [-0.2, -0.15) is 0 Å². The standard InChI is InChI=1S/C15H15ClFNOS/c1-3-18(9-12-5-7-14(16)20-12)15(19)13-6-4-11(17)8-10(13)2/h4-8H,3,9H2,1-2H3. The van der Waals surface area contributed by atoms with Gasteiger partial charge in [-0.3, -0.25) is 4.79 Å². The number of benzene rings is 1. The highest BCUT2D eigenvalue weighted by Crippen LogP contribution is 2.23. The van der Waals surface area contributed by atoms with Crippen LogP contribution >= 0.6 is 22.9 Å². The third-order valence-electron chi connectivity index (χ3n) is 3.06. The first-order valence-electron chi connectivity index (χ1n) is 6.31. The molecule has 0 N–H and O–H groups in total. The van der Waals surface area contributed by atoms with E-state index in [1.165, 1.54) is 29.5 Å². The number of thiophene rings is 1. The molecule has 0 aliphatic heterocycles. The normalized spacial score (nSPS) is 10.6. The lowest BCUT2D eigenvalue weighted by atomic mass is 10.1. The molecule has 0 saturated carbocycles. The van der Waals surface area contributed by atoms with E-state index in [1.807, 2.05) is 19.1 Å². The van der Waals surface area contributed by atoms with Crippen LogP contribution in [0.1, 0.15) is 27.7 Å². The Morgan fingerprint density at radius 3 is 2.65 bits per heavy atom. The van der Waals surface area contributed by atoms with Gasteiger partial charge in [0, 0.05) is 17.0 Å². The number of rotatable bonds is 4. The van der Waals surface area contributed by atoms with Crippen molar-refractivity contribution in [2.24, 2.45) is 0 Å². The van der Waals surface area contributed by atoms with Gasteiger partial charge in [0.15, 0.2) is 0 Å². The van der Waals surface area contributed by atoms with Crippen LogP contribution in [0.25, 0.3) is 0 Å². The molecule has 0 bridgehead atoms. The van der Waals surface area contributed by atoms with Crippen molar-refractivity contribution in [2.75, 3.05) is 6.54 Å². The molecule has 0 unspecified atom stereocenters. The SMILES string of the molecule is CCN(Cc1ccc(Cl)s1)C(=O)c1ccc(F)cc1C. The van der Waals surface area contributed by atoms with Crippen molar-refractivity contribution in [1.82, 2.24) is 4.90 Å². The number of carbonyl (C=O) groups excluding carboxylic acids is 1. The second-order valence-corrected chi connectivity index (χ2v) is 6.28. The lowest BCUT2D eigenvalue weighted by Crippen LogP contribution is -2.30. The molecule has 5 heteroatoms. The van der Waals surface area contributed by atoms with Gasteiger partial charge < -0.3 is 4.90 Å². The lowest BCUT2D eigenvalue weighted by molar-refractivity contribution is 0.0753. The van der Waals surface area contributed by atoms with E-state index in [9.17, 15) is 9.18 Å². The Morgan fingerprint density at radius 2 is 2.10 bits per heavy atom. The molecule has 0 spiro atoms. The second kappa shape index (κ2) is 6.37. The van der Waals surface area contributed by atoms with Gasteiger partial charge >= 0.3 is 0 Å². The van der Waals surface area contributed by atoms with Crippen molar-refractivity contribution >= 4 is 28.8 Å². The third-order valence-corrected chi connectivity index (χ3v) is 4.28. The van der Waals surface area contributed by atoms with Crippen molar-refractivity contribution in [3.05, 3.63) is 56.5 Å². The highest BCUT2D eigenvalue weighted by molar-refractivity contribution is 7.16. The van der Waals surface area contributed by atoms with Crippen LogP contribution in [-0.2, 0) is 6.54 Å². The first kappa shape index (κ1) is 15.0. The fourth-order valence-electron chi connectivity index (χ4n) is 1.99. The van der Waals surface area contributed by atoms with Gasteiger partial charge in [-0.1, -0.05) is 11.6 Å². The first-order chi connectivity index (χ1) is 9.51. The van der Waals surface area contributed by atoms with Crippen molar-refractivity contribution in [3.8, 4) is 0 Å². The number of amides is 1. The topological polar surface area (TPSA) is 20.3 Å². The van der Waals surface area contributed by atoms with E-state index in [0.717, 1.165) is 4.88 Å². The number of nitrogens with zero attached hydrogens (tertiary/aromatic N) is 1. The fraction of sp³-hybridized carbons (Fsp3) is 0.267. The van der Waals surface area contributed by atoms with E-state index in [-0.39, 0.29) is 11.7 Å². The Labute approximate surface area is 126 Å². The van der Waals surface area contributed by atoms with Gasteiger partial charge in [-0.25, -0.2) is 4.39 Å². The summed E-state index contributed by atoms with van der Waals surface area (Å²) in [7, 11) is 0. The summed E-state index contributed by atoms with van der Waals surface area (Å²) in [6.07, 6.45) is 0. The van der Waals surface area contributed by atoms with Crippen LogP contribution in [0, 0.1) is 12.7 Å². The van der Waals surface area contributed by atoms with Crippen molar-refractivity contribution < 1.29 is 9.18 Å². The number of hydrogen-bond acceptors (Lipinski definition) is 2. The molecule has 1 aromatic heterocycles. The van der Waals surface area contributed by atoms with Gasteiger partial charge in [0.1, 0.15) is 5.82 Å². The van der Waals surface area contributed by atoms with E-state index in [4.69, 9.17) is 11.6 Å². The quantitative estimate of drug-likeness (QED) is 0.813. The molecule has 0 fully saturated rings. The molecule has 1 aromatic carbocycles. The van der Waals surface area contributed by atoms with Gasteiger partial charge in [0.25, 0.3) is 5.91 Å². The molecule has 2 nitrogen and oxygen atoms in total. The number of carbonyl (C=O) groups is 1. The highest BCUT2D eigenvalue weighted by Gasteiger charge is 2.17. The summed E-state index contributed by atoms with van der Waals surface area (Å²) >= 11 is 7.36. The molecule has 0 atom stereocenters. The number of aryl methyl sites for hydroxylation is 1. The highest BCUT2D eigenvalue weighted by atomic mass is 35.5. The molecule has 0 aliphatic carbocycles. The minimum absolute atomic E-state index is 0.0884. The molecular weight excluding hydrogens is 297 g/mol. The van der Waals surface area contributed by atoms with Crippen molar-refractivity contribution in [2.45, 2.75) is 20.4 Å². The van der Waals surface area contributed by atoms with Gasteiger partial charge in [-0.05, 0) is 49.7 Å². The Balaban J connectivity index is 2.20. The fourth-order valence-corrected chi connectivity index (χ4v) is 3.09. The Morgan fingerprint density at radius 1 is 1.35 bits per heavy atom. The number of hydrogen-bond donors (Lipinski definition) is 0. The monoisotopic (exact) mass is 311 g/mol. The molecule has 2 aromatic rings. The Kier molecular flexibility index (Phi) is 4.78. The molecule has 0 radical (unpaired) electrons. The Hall–Kier alpha value is -1.39. The average molecular weight is 312 g/mol. The summed E-state index contributed by atoms with van der Waals surface area (Å²) in [6, 6.07) is 7.97. The zero-order chi connectivity index (χ0) is 14.7. The van der Waals surface area contributed by atoms with E-state index in [0.29, 0.717) is 28.6 Å². The van der Waals surface area contributed by atoms with E-state index < -0.39 is 0 Å². The largest absolute Gasteiger partial charge is 0.334 e. The van der Waals surface area contributed by atoms with Gasteiger partial charge in [0.05, 0.1) is 10.9 Å². The predicted molar refractivity (Wildman–Crippen MR) is 80.9 cm³/mol. The molecular formula is C15H15ClFNOS. The van der Waals surface area contributed by atoms with Crippen LogP contribution in [0.4, 0.5) is 4.39 Å². The number of halogens is 2. The maximum atomic E-state index is 13.1. The zero-order valence-electron chi connectivity index (χ0n) is 11.3. The lowest BCUT2D eigenvalue weighted by Gasteiger charge is -2.21. The first-order valence-corrected chi connectivity index (χ1v) is 7.50. The van der Waals surface area contributed by atoms with E-state index in [2.05, 4.69) is 0 Å². The second-order valence-electron chi connectivity index (χ2n) is 4.48. The molecule has 20 heavy (non-hydrogen) atoms. The molecule has 2 rings (SSSR count). The van der Waals surface area contributed by atoms with Crippen LogP contribution in [0.15, 0.2) is 30.3 Å².